The Morgan fingerprint density at radius 1 is 1.05 bits per heavy atom. The second-order valence-corrected chi connectivity index (χ2v) is 13.8. The van der Waals surface area contributed by atoms with Crippen LogP contribution in [0.15, 0.2) is 46.0 Å². The maximum Gasteiger partial charge on any atom is 0.421 e. The molecule has 5 rings (SSSR count). The van der Waals surface area contributed by atoms with Crippen molar-refractivity contribution in [1.82, 2.24) is 9.21 Å². The first-order valence-electron chi connectivity index (χ1n) is 12.9. The summed E-state index contributed by atoms with van der Waals surface area (Å²) in [4.78, 5) is 16.7. The van der Waals surface area contributed by atoms with Crippen LogP contribution in [-0.4, -0.2) is 79.0 Å². The number of halogens is 3. The highest BCUT2D eigenvalue weighted by Crippen LogP contribution is 2.39. The number of carbonyl (C=O) groups is 1. The topological polar surface area (TPSA) is 81.2 Å². The molecular weight excluding hydrogens is 539 g/mol. The minimum absolute atomic E-state index is 0.130. The Morgan fingerprint density at radius 3 is 2.29 bits per heavy atom. The number of benzene rings is 1. The summed E-state index contributed by atoms with van der Waals surface area (Å²) in [5.74, 6) is 0.269. The number of hydrogen-bond donors (Lipinski definition) is 1. The van der Waals surface area contributed by atoms with Crippen LogP contribution < -0.4 is 4.90 Å². The average Bonchev–Trinajstić information content (AvgIpc) is 3.40. The summed E-state index contributed by atoms with van der Waals surface area (Å²) in [5.41, 5.74) is -2.56. The molecule has 2 bridgehead atoms. The molecule has 3 saturated heterocycles. The second kappa shape index (κ2) is 10.2. The van der Waals surface area contributed by atoms with E-state index in [1.807, 2.05) is 0 Å². The molecule has 1 aromatic heterocycles. The molecule has 3 aliphatic heterocycles. The molecule has 7 nitrogen and oxygen atoms in total. The summed E-state index contributed by atoms with van der Waals surface area (Å²) in [6.45, 7) is 2.12. The van der Waals surface area contributed by atoms with Crippen LogP contribution in [0.2, 0.25) is 0 Å². The standard InChI is InChI=1S/C26H32F3N3O4S2/c1-25(34,26(27,28)29)18-7-9-19(10-8-18)31-12-11-30(38(35,36)24-6-3-13-37-24)16-22(31)17-32-20-4-2-5-21(32)15-23(33)14-20/h3,6-10,13,20-22,34H,2,4-5,11-12,14-17H2,1H3/t20?,21?,22-,25-/m1/s1. The van der Waals surface area contributed by atoms with Crippen molar-refractivity contribution in [2.75, 3.05) is 31.1 Å². The van der Waals surface area contributed by atoms with Crippen LogP contribution in [0.1, 0.15) is 44.6 Å². The van der Waals surface area contributed by atoms with Crippen molar-refractivity contribution in [2.45, 2.75) is 73.1 Å². The van der Waals surface area contributed by atoms with Crippen LogP contribution in [0.4, 0.5) is 18.9 Å². The average molecular weight is 572 g/mol. The van der Waals surface area contributed by atoms with Gasteiger partial charge in [-0.1, -0.05) is 24.6 Å². The van der Waals surface area contributed by atoms with Crippen molar-refractivity contribution >= 4 is 32.8 Å². The van der Waals surface area contributed by atoms with Crippen LogP contribution in [0, 0.1) is 0 Å². The predicted octanol–water partition coefficient (Wildman–Crippen LogP) is 3.98. The van der Waals surface area contributed by atoms with E-state index in [2.05, 4.69) is 9.80 Å². The highest BCUT2D eigenvalue weighted by Gasteiger charge is 2.51. The molecule has 3 fully saturated rings. The summed E-state index contributed by atoms with van der Waals surface area (Å²) in [6.07, 6.45) is -0.903. The smallest absolute Gasteiger partial charge is 0.376 e. The minimum Gasteiger partial charge on any atom is -0.376 e. The Bertz CT molecular complexity index is 1230. The largest absolute Gasteiger partial charge is 0.421 e. The van der Waals surface area contributed by atoms with Gasteiger partial charge in [-0.2, -0.15) is 17.5 Å². The van der Waals surface area contributed by atoms with Crippen molar-refractivity contribution in [3.63, 3.8) is 0 Å². The van der Waals surface area contributed by atoms with Gasteiger partial charge in [-0.25, -0.2) is 8.42 Å². The van der Waals surface area contributed by atoms with E-state index in [1.54, 1.807) is 29.6 Å². The highest BCUT2D eigenvalue weighted by atomic mass is 32.2. The Labute approximate surface area is 224 Å². The zero-order valence-corrected chi connectivity index (χ0v) is 22.7. The number of ketones is 1. The zero-order chi connectivity index (χ0) is 27.3. The molecule has 3 aliphatic rings. The van der Waals surface area contributed by atoms with E-state index in [0.717, 1.165) is 26.2 Å². The Hall–Kier alpha value is -1.99. The summed E-state index contributed by atoms with van der Waals surface area (Å²) >= 11 is 1.17. The van der Waals surface area contributed by atoms with Gasteiger partial charge in [0.25, 0.3) is 10.0 Å². The molecule has 38 heavy (non-hydrogen) atoms. The molecular formula is C26H32F3N3O4S2. The SMILES string of the molecule is C[C@@](O)(c1ccc(N2CCN(S(=O)(=O)c3cccs3)C[C@@H]2CN2C3CCCC2CC(=O)C3)cc1)C(F)(F)F. The number of hydrogen-bond acceptors (Lipinski definition) is 7. The maximum absolute atomic E-state index is 13.4. The predicted molar refractivity (Wildman–Crippen MR) is 139 cm³/mol. The number of anilines is 1. The molecule has 4 heterocycles. The molecule has 2 unspecified atom stereocenters. The van der Waals surface area contributed by atoms with E-state index < -0.39 is 21.8 Å². The molecule has 12 heteroatoms. The minimum atomic E-state index is -4.82. The van der Waals surface area contributed by atoms with Crippen LogP contribution in [0.5, 0.6) is 0 Å². The van der Waals surface area contributed by atoms with Gasteiger partial charge >= 0.3 is 6.18 Å². The molecule has 0 saturated carbocycles. The normalized spacial score (nSPS) is 27.3. The first kappa shape index (κ1) is 27.6. The number of piperidine rings is 2. The lowest BCUT2D eigenvalue weighted by atomic mass is 9.83. The molecule has 0 aliphatic carbocycles. The van der Waals surface area contributed by atoms with Gasteiger partial charge < -0.3 is 10.0 Å². The van der Waals surface area contributed by atoms with Gasteiger partial charge in [0.2, 0.25) is 0 Å². The lowest BCUT2D eigenvalue weighted by Gasteiger charge is -2.50. The Morgan fingerprint density at radius 2 is 1.71 bits per heavy atom. The molecule has 1 N–H and O–H groups in total. The number of thiophene rings is 1. The van der Waals surface area contributed by atoms with E-state index in [4.69, 9.17) is 0 Å². The summed E-state index contributed by atoms with van der Waals surface area (Å²) < 4.78 is 68.5. The van der Waals surface area contributed by atoms with E-state index in [9.17, 15) is 31.5 Å². The second-order valence-electron chi connectivity index (χ2n) is 10.6. The van der Waals surface area contributed by atoms with Gasteiger partial charge in [-0.15, -0.1) is 11.3 Å². The molecule has 0 amide bonds. The number of nitrogens with zero attached hydrogens (tertiary/aromatic N) is 3. The lowest BCUT2D eigenvalue weighted by Crippen LogP contribution is -2.62. The number of piperazine rings is 1. The maximum atomic E-state index is 13.4. The number of Topliss-reactive ketones (excluding diaryl/α,β-unsaturated/α-hetero) is 1. The van der Waals surface area contributed by atoms with E-state index >= 15 is 0 Å². The third-order valence-corrected chi connectivity index (χ3v) is 11.4. The molecule has 1 aromatic carbocycles. The monoisotopic (exact) mass is 571 g/mol. The number of carbonyl (C=O) groups excluding carboxylic acids is 1. The van der Waals surface area contributed by atoms with Gasteiger partial charge in [-0.05, 0) is 48.9 Å². The van der Waals surface area contributed by atoms with Crippen molar-refractivity contribution in [3.05, 3.63) is 47.3 Å². The Balaban J connectivity index is 1.43. The third kappa shape index (κ3) is 5.13. The highest BCUT2D eigenvalue weighted by molar-refractivity contribution is 7.91. The zero-order valence-electron chi connectivity index (χ0n) is 21.1. The Kier molecular flexibility index (Phi) is 7.40. The van der Waals surface area contributed by atoms with Crippen LogP contribution in [-0.2, 0) is 20.4 Å². The van der Waals surface area contributed by atoms with Gasteiger partial charge in [0.05, 0.1) is 6.04 Å². The summed E-state index contributed by atoms with van der Waals surface area (Å²) in [6, 6.07) is 8.98. The molecule has 208 valence electrons. The number of sulfonamides is 1. The van der Waals surface area contributed by atoms with E-state index in [0.29, 0.717) is 31.6 Å². The van der Waals surface area contributed by atoms with Crippen LogP contribution in [0.25, 0.3) is 0 Å². The fourth-order valence-electron chi connectivity index (χ4n) is 6.03. The van der Waals surface area contributed by atoms with Gasteiger partial charge in [0.1, 0.15) is 9.99 Å². The summed E-state index contributed by atoms with van der Waals surface area (Å²) in [7, 11) is -3.67. The van der Waals surface area contributed by atoms with Gasteiger partial charge in [-0.3, -0.25) is 9.69 Å². The lowest BCUT2D eigenvalue weighted by molar-refractivity contribution is -0.258. The molecule has 4 atom stereocenters. The first-order valence-corrected chi connectivity index (χ1v) is 15.2. The fourth-order valence-corrected chi connectivity index (χ4v) is 8.64. The fraction of sp³-hybridized carbons (Fsp3) is 0.577. The molecule has 0 radical (unpaired) electrons. The van der Waals surface area contributed by atoms with Gasteiger partial charge in [0, 0.05) is 56.8 Å². The number of rotatable bonds is 6. The number of alkyl halides is 3. The van der Waals surface area contributed by atoms with E-state index in [-0.39, 0.29) is 46.8 Å². The number of fused-ring (bicyclic) bond motifs is 2. The van der Waals surface area contributed by atoms with Gasteiger partial charge in [0.15, 0.2) is 5.60 Å². The van der Waals surface area contributed by atoms with Crippen molar-refractivity contribution < 1.29 is 31.5 Å². The van der Waals surface area contributed by atoms with Crippen LogP contribution in [0.3, 0.4) is 0 Å². The molecule has 0 spiro atoms. The quantitative estimate of drug-likeness (QED) is 0.565. The molecule has 2 aromatic rings. The third-order valence-electron chi connectivity index (χ3n) is 8.21. The van der Waals surface area contributed by atoms with E-state index in [1.165, 1.54) is 27.8 Å². The van der Waals surface area contributed by atoms with Crippen molar-refractivity contribution in [1.29, 1.82) is 0 Å². The van der Waals surface area contributed by atoms with Crippen molar-refractivity contribution in [3.8, 4) is 0 Å². The van der Waals surface area contributed by atoms with Crippen molar-refractivity contribution in [2.24, 2.45) is 0 Å². The number of aliphatic hydroxyl groups is 1. The van der Waals surface area contributed by atoms with Crippen LogP contribution >= 0.6 is 11.3 Å². The first-order chi connectivity index (χ1) is 17.9. The summed E-state index contributed by atoms with van der Waals surface area (Å²) in [5, 5.41) is 11.8.